The number of fused-ring (bicyclic) bond motifs is 1. The molecule has 0 aliphatic carbocycles. The number of aromatic amines is 1. The largest absolute Gasteiger partial charge is 0.496 e. The van der Waals surface area contributed by atoms with E-state index in [0.717, 1.165) is 42.1 Å². The highest BCUT2D eigenvalue weighted by atomic mass is 16.5. The Morgan fingerprint density at radius 2 is 1.90 bits per heavy atom. The van der Waals surface area contributed by atoms with Crippen molar-refractivity contribution in [1.82, 2.24) is 15.3 Å². The Hall–Kier alpha value is -2.33. The molecular weight excluding hydrogens is 262 g/mol. The summed E-state index contributed by atoms with van der Waals surface area (Å²) in [5.41, 5.74) is 3.29. The lowest BCUT2D eigenvalue weighted by Gasteiger charge is -2.08. The molecule has 0 atom stereocenters. The van der Waals surface area contributed by atoms with Crippen molar-refractivity contribution in [3.05, 3.63) is 59.9 Å². The van der Waals surface area contributed by atoms with Crippen molar-refractivity contribution in [2.45, 2.75) is 13.0 Å². The third kappa shape index (κ3) is 3.23. The molecule has 108 valence electrons. The van der Waals surface area contributed by atoms with Crippen molar-refractivity contribution in [3.63, 3.8) is 0 Å². The van der Waals surface area contributed by atoms with Crippen LogP contribution in [0.3, 0.4) is 0 Å². The molecule has 3 aromatic rings. The van der Waals surface area contributed by atoms with E-state index in [1.54, 1.807) is 7.11 Å². The van der Waals surface area contributed by atoms with Gasteiger partial charge in [0.25, 0.3) is 0 Å². The normalized spacial score (nSPS) is 10.9. The quantitative estimate of drug-likeness (QED) is 0.683. The van der Waals surface area contributed by atoms with E-state index in [9.17, 15) is 0 Å². The predicted octanol–water partition coefficient (Wildman–Crippen LogP) is 2.90. The Morgan fingerprint density at radius 1 is 1.10 bits per heavy atom. The third-order valence-corrected chi connectivity index (χ3v) is 3.48. The minimum atomic E-state index is 0.796. The number of hydrogen-bond donors (Lipinski definition) is 2. The average molecular weight is 281 g/mol. The number of hydrogen-bond acceptors (Lipinski definition) is 3. The second-order valence-corrected chi connectivity index (χ2v) is 4.94. The Kier molecular flexibility index (Phi) is 4.17. The lowest BCUT2D eigenvalue weighted by atomic mass is 10.2. The van der Waals surface area contributed by atoms with Gasteiger partial charge < -0.3 is 15.0 Å². The van der Waals surface area contributed by atoms with E-state index in [-0.39, 0.29) is 0 Å². The summed E-state index contributed by atoms with van der Waals surface area (Å²) in [5, 5.41) is 3.43. The van der Waals surface area contributed by atoms with Gasteiger partial charge in [-0.15, -0.1) is 0 Å². The maximum absolute atomic E-state index is 5.34. The molecule has 0 saturated heterocycles. The summed E-state index contributed by atoms with van der Waals surface area (Å²) in [7, 11) is 1.70. The zero-order valence-corrected chi connectivity index (χ0v) is 12.1. The zero-order chi connectivity index (χ0) is 14.5. The molecule has 0 aliphatic rings. The molecule has 21 heavy (non-hydrogen) atoms. The first-order chi connectivity index (χ1) is 10.4. The first-order valence-corrected chi connectivity index (χ1v) is 7.13. The van der Waals surface area contributed by atoms with Crippen molar-refractivity contribution >= 4 is 11.0 Å². The van der Waals surface area contributed by atoms with Gasteiger partial charge in [0.05, 0.1) is 18.1 Å². The van der Waals surface area contributed by atoms with Gasteiger partial charge in [0.2, 0.25) is 0 Å². The number of imidazole rings is 1. The number of H-pyrrole nitrogens is 1. The van der Waals surface area contributed by atoms with Crippen LogP contribution in [-0.2, 0) is 13.0 Å². The molecule has 1 aromatic heterocycles. The van der Waals surface area contributed by atoms with Crippen molar-refractivity contribution in [3.8, 4) is 5.75 Å². The van der Waals surface area contributed by atoms with Gasteiger partial charge in [-0.3, -0.25) is 0 Å². The first kappa shape index (κ1) is 13.6. The van der Waals surface area contributed by atoms with Gasteiger partial charge >= 0.3 is 0 Å². The Balaban J connectivity index is 1.54. The third-order valence-electron chi connectivity index (χ3n) is 3.48. The Bertz CT molecular complexity index is 688. The topological polar surface area (TPSA) is 49.9 Å². The van der Waals surface area contributed by atoms with E-state index in [2.05, 4.69) is 21.4 Å². The summed E-state index contributed by atoms with van der Waals surface area (Å²) in [6, 6.07) is 16.2. The van der Waals surface area contributed by atoms with E-state index in [1.165, 1.54) is 5.56 Å². The molecule has 0 unspecified atom stereocenters. The molecule has 0 aliphatic heterocycles. The van der Waals surface area contributed by atoms with E-state index < -0.39 is 0 Å². The fourth-order valence-electron chi connectivity index (χ4n) is 2.40. The van der Waals surface area contributed by atoms with E-state index in [1.807, 2.05) is 42.5 Å². The van der Waals surface area contributed by atoms with Crippen LogP contribution in [0.2, 0.25) is 0 Å². The van der Waals surface area contributed by atoms with E-state index in [4.69, 9.17) is 4.74 Å². The van der Waals surface area contributed by atoms with Gasteiger partial charge in [-0.2, -0.15) is 0 Å². The molecule has 1 heterocycles. The summed E-state index contributed by atoms with van der Waals surface area (Å²) < 4.78 is 5.34. The molecule has 0 fully saturated rings. The van der Waals surface area contributed by atoms with Crippen molar-refractivity contribution in [2.24, 2.45) is 0 Å². The second-order valence-electron chi connectivity index (χ2n) is 4.94. The number of aromatic nitrogens is 2. The standard InChI is InChI=1S/C17H19N3O/c1-21-16-9-5-2-6-13(16)12-18-11-10-17-19-14-7-3-4-8-15(14)20-17/h2-9,18H,10-12H2,1H3,(H,19,20). The van der Waals surface area contributed by atoms with Crippen LogP contribution in [0.1, 0.15) is 11.4 Å². The van der Waals surface area contributed by atoms with Crippen LogP contribution >= 0.6 is 0 Å². The molecule has 2 N–H and O–H groups in total. The second kappa shape index (κ2) is 6.41. The molecule has 3 rings (SSSR count). The molecule has 0 saturated carbocycles. The summed E-state index contributed by atoms with van der Waals surface area (Å²) in [6.45, 7) is 1.67. The minimum Gasteiger partial charge on any atom is -0.496 e. The van der Waals surface area contributed by atoms with Crippen LogP contribution in [0.4, 0.5) is 0 Å². The summed E-state index contributed by atoms with van der Waals surface area (Å²) in [6.07, 6.45) is 0.879. The summed E-state index contributed by atoms with van der Waals surface area (Å²) in [4.78, 5) is 7.91. The smallest absolute Gasteiger partial charge is 0.123 e. The summed E-state index contributed by atoms with van der Waals surface area (Å²) in [5.74, 6) is 1.94. The molecule has 0 bridgehead atoms. The van der Waals surface area contributed by atoms with Crippen LogP contribution in [0.15, 0.2) is 48.5 Å². The highest BCUT2D eigenvalue weighted by Crippen LogP contribution is 2.16. The van der Waals surface area contributed by atoms with Crippen molar-refractivity contribution in [1.29, 1.82) is 0 Å². The van der Waals surface area contributed by atoms with Crippen LogP contribution in [0, 0.1) is 0 Å². The molecule has 0 amide bonds. The number of ether oxygens (including phenoxy) is 1. The highest BCUT2D eigenvalue weighted by molar-refractivity contribution is 5.74. The molecular formula is C17H19N3O. The van der Waals surface area contributed by atoms with Crippen LogP contribution in [0.5, 0.6) is 5.75 Å². The monoisotopic (exact) mass is 281 g/mol. The van der Waals surface area contributed by atoms with Gasteiger partial charge in [0, 0.05) is 25.1 Å². The fraction of sp³-hybridized carbons (Fsp3) is 0.235. The SMILES string of the molecule is COc1ccccc1CNCCc1nc2ccccc2[nH]1. The molecule has 4 nitrogen and oxygen atoms in total. The van der Waals surface area contributed by atoms with Gasteiger partial charge in [0.15, 0.2) is 0 Å². The van der Waals surface area contributed by atoms with Gasteiger partial charge in [-0.25, -0.2) is 4.98 Å². The number of nitrogens with zero attached hydrogens (tertiary/aromatic N) is 1. The van der Waals surface area contributed by atoms with Crippen molar-refractivity contribution in [2.75, 3.05) is 13.7 Å². The lowest BCUT2D eigenvalue weighted by Crippen LogP contribution is -2.17. The Morgan fingerprint density at radius 3 is 2.76 bits per heavy atom. The van der Waals surface area contributed by atoms with Gasteiger partial charge in [0.1, 0.15) is 11.6 Å². The van der Waals surface area contributed by atoms with Crippen LogP contribution in [0.25, 0.3) is 11.0 Å². The minimum absolute atomic E-state index is 0.796. The number of benzene rings is 2. The molecule has 2 aromatic carbocycles. The highest BCUT2D eigenvalue weighted by Gasteiger charge is 2.03. The predicted molar refractivity (Wildman–Crippen MR) is 84.5 cm³/mol. The first-order valence-electron chi connectivity index (χ1n) is 7.13. The van der Waals surface area contributed by atoms with Crippen molar-refractivity contribution < 1.29 is 4.74 Å². The molecule has 0 radical (unpaired) electrons. The molecule has 4 heteroatoms. The van der Waals surface area contributed by atoms with E-state index >= 15 is 0 Å². The van der Waals surface area contributed by atoms with Gasteiger partial charge in [-0.05, 0) is 18.2 Å². The van der Waals surface area contributed by atoms with Crippen LogP contribution < -0.4 is 10.1 Å². The number of rotatable bonds is 6. The lowest BCUT2D eigenvalue weighted by molar-refractivity contribution is 0.408. The number of nitrogens with one attached hydrogen (secondary N) is 2. The number of methoxy groups -OCH3 is 1. The fourth-order valence-corrected chi connectivity index (χ4v) is 2.40. The molecule has 0 spiro atoms. The van der Waals surface area contributed by atoms with Crippen LogP contribution in [-0.4, -0.2) is 23.6 Å². The van der Waals surface area contributed by atoms with Gasteiger partial charge in [-0.1, -0.05) is 30.3 Å². The Labute approximate surface area is 124 Å². The average Bonchev–Trinajstić information content (AvgIpc) is 2.94. The maximum atomic E-state index is 5.34. The maximum Gasteiger partial charge on any atom is 0.123 e. The number of para-hydroxylation sites is 3. The zero-order valence-electron chi connectivity index (χ0n) is 12.1. The van der Waals surface area contributed by atoms with E-state index in [0.29, 0.717) is 0 Å². The summed E-state index contributed by atoms with van der Waals surface area (Å²) >= 11 is 0.